The van der Waals surface area contributed by atoms with E-state index < -0.39 is 5.60 Å². The lowest BCUT2D eigenvalue weighted by molar-refractivity contribution is -0.124. The summed E-state index contributed by atoms with van der Waals surface area (Å²) in [5, 5.41) is 15.3. The third kappa shape index (κ3) is 3.27. The van der Waals surface area contributed by atoms with Gasteiger partial charge in [-0.25, -0.2) is 0 Å². The van der Waals surface area contributed by atoms with E-state index in [1.165, 1.54) is 0 Å². The maximum absolute atomic E-state index is 11.6. The molecule has 4 nitrogen and oxygen atoms in total. The number of hydrogen-bond donors (Lipinski definition) is 3. The van der Waals surface area contributed by atoms with Crippen molar-refractivity contribution in [1.29, 1.82) is 0 Å². The first-order valence-electron chi connectivity index (χ1n) is 5.13. The highest BCUT2D eigenvalue weighted by molar-refractivity contribution is 5.82. The maximum atomic E-state index is 11.6. The summed E-state index contributed by atoms with van der Waals surface area (Å²) in [5.74, 6) is 0.383. The zero-order chi connectivity index (χ0) is 10.8. The maximum Gasteiger partial charge on any atom is 0.237 e. The highest BCUT2D eigenvalue weighted by Crippen LogP contribution is 2.14. The standard InChI is InChI=1S/C10H20N2O2/c1-7-4-5-11-8(7)9(13)12-6-10(2,3)14/h7-8,11,14H,4-6H2,1-3H3,(H,12,13). The van der Waals surface area contributed by atoms with Crippen molar-refractivity contribution < 1.29 is 9.90 Å². The van der Waals surface area contributed by atoms with Crippen molar-refractivity contribution >= 4 is 5.91 Å². The summed E-state index contributed by atoms with van der Waals surface area (Å²) < 4.78 is 0. The minimum absolute atomic E-state index is 0.00266. The Bertz CT molecular complexity index is 211. The number of aliphatic hydroxyl groups is 1. The minimum atomic E-state index is -0.836. The fraction of sp³-hybridized carbons (Fsp3) is 0.900. The molecule has 2 atom stereocenters. The Morgan fingerprint density at radius 1 is 1.64 bits per heavy atom. The Labute approximate surface area is 85.1 Å². The molecule has 14 heavy (non-hydrogen) atoms. The van der Waals surface area contributed by atoms with Gasteiger partial charge < -0.3 is 15.7 Å². The number of carbonyl (C=O) groups is 1. The third-order valence-electron chi connectivity index (χ3n) is 2.51. The van der Waals surface area contributed by atoms with Gasteiger partial charge in [0.1, 0.15) is 0 Å². The molecule has 1 fully saturated rings. The van der Waals surface area contributed by atoms with E-state index in [2.05, 4.69) is 17.6 Å². The molecule has 0 spiro atoms. The van der Waals surface area contributed by atoms with E-state index in [-0.39, 0.29) is 11.9 Å². The lowest BCUT2D eigenvalue weighted by atomic mass is 10.0. The van der Waals surface area contributed by atoms with Crippen molar-refractivity contribution in [3.05, 3.63) is 0 Å². The van der Waals surface area contributed by atoms with Gasteiger partial charge in [-0.3, -0.25) is 4.79 Å². The van der Waals surface area contributed by atoms with Crippen molar-refractivity contribution in [2.24, 2.45) is 5.92 Å². The number of amides is 1. The van der Waals surface area contributed by atoms with Crippen LogP contribution in [0.1, 0.15) is 27.2 Å². The Morgan fingerprint density at radius 2 is 2.29 bits per heavy atom. The predicted octanol–water partition coefficient (Wildman–Crippen LogP) is -0.128. The second-order valence-corrected chi connectivity index (χ2v) is 4.73. The highest BCUT2D eigenvalue weighted by Gasteiger charge is 2.29. The Morgan fingerprint density at radius 3 is 2.71 bits per heavy atom. The molecule has 0 saturated carbocycles. The molecule has 1 rings (SSSR count). The molecule has 0 aromatic rings. The van der Waals surface area contributed by atoms with Crippen LogP contribution in [-0.4, -0.2) is 35.7 Å². The topological polar surface area (TPSA) is 61.4 Å². The molecular formula is C10H20N2O2. The smallest absolute Gasteiger partial charge is 0.237 e. The molecule has 82 valence electrons. The number of rotatable bonds is 3. The third-order valence-corrected chi connectivity index (χ3v) is 2.51. The van der Waals surface area contributed by atoms with Crippen LogP contribution >= 0.6 is 0 Å². The molecule has 0 bridgehead atoms. The number of nitrogens with one attached hydrogen (secondary N) is 2. The zero-order valence-electron chi connectivity index (χ0n) is 9.13. The van der Waals surface area contributed by atoms with E-state index in [0.717, 1.165) is 13.0 Å². The van der Waals surface area contributed by atoms with E-state index in [1.54, 1.807) is 13.8 Å². The predicted molar refractivity (Wildman–Crippen MR) is 54.9 cm³/mol. The fourth-order valence-corrected chi connectivity index (χ4v) is 1.60. The van der Waals surface area contributed by atoms with Crippen molar-refractivity contribution in [3.63, 3.8) is 0 Å². The lowest BCUT2D eigenvalue weighted by Crippen LogP contribution is -2.47. The average Bonchev–Trinajstić information content (AvgIpc) is 2.46. The summed E-state index contributed by atoms with van der Waals surface area (Å²) >= 11 is 0. The van der Waals surface area contributed by atoms with E-state index in [9.17, 15) is 9.90 Å². The molecule has 1 heterocycles. The summed E-state index contributed by atoms with van der Waals surface area (Å²) in [4.78, 5) is 11.6. The molecule has 0 radical (unpaired) electrons. The molecule has 4 heteroatoms. The van der Waals surface area contributed by atoms with Crippen LogP contribution in [0, 0.1) is 5.92 Å². The zero-order valence-corrected chi connectivity index (χ0v) is 9.13. The van der Waals surface area contributed by atoms with E-state index >= 15 is 0 Å². The van der Waals surface area contributed by atoms with Crippen molar-refractivity contribution in [2.75, 3.05) is 13.1 Å². The van der Waals surface area contributed by atoms with Crippen LogP contribution in [0.5, 0.6) is 0 Å². The van der Waals surface area contributed by atoms with Gasteiger partial charge in [0.15, 0.2) is 0 Å². The van der Waals surface area contributed by atoms with Crippen molar-refractivity contribution in [1.82, 2.24) is 10.6 Å². The largest absolute Gasteiger partial charge is 0.389 e. The Balaban J connectivity index is 2.35. The molecule has 3 N–H and O–H groups in total. The van der Waals surface area contributed by atoms with Gasteiger partial charge in [-0.1, -0.05) is 6.92 Å². The summed E-state index contributed by atoms with van der Waals surface area (Å²) in [6.45, 7) is 6.63. The van der Waals surface area contributed by atoms with E-state index in [1.807, 2.05) is 0 Å². The van der Waals surface area contributed by atoms with Gasteiger partial charge in [0.25, 0.3) is 0 Å². The SMILES string of the molecule is CC1CCNC1C(=O)NCC(C)(C)O. The van der Waals surface area contributed by atoms with Crippen LogP contribution in [0.4, 0.5) is 0 Å². The molecule has 1 saturated heterocycles. The van der Waals surface area contributed by atoms with Crippen LogP contribution in [0.3, 0.4) is 0 Å². The van der Waals surface area contributed by atoms with Crippen LogP contribution in [0.15, 0.2) is 0 Å². The monoisotopic (exact) mass is 200 g/mol. The van der Waals surface area contributed by atoms with Crippen LogP contribution in [-0.2, 0) is 4.79 Å². The molecule has 2 unspecified atom stereocenters. The average molecular weight is 200 g/mol. The van der Waals surface area contributed by atoms with Crippen LogP contribution in [0.2, 0.25) is 0 Å². The molecule has 1 amide bonds. The first-order chi connectivity index (χ1) is 6.40. The van der Waals surface area contributed by atoms with Crippen LogP contribution in [0.25, 0.3) is 0 Å². The normalized spacial score (nSPS) is 27.7. The second kappa shape index (κ2) is 4.28. The first-order valence-corrected chi connectivity index (χ1v) is 5.13. The summed E-state index contributed by atoms with van der Waals surface area (Å²) in [5.41, 5.74) is -0.836. The summed E-state index contributed by atoms with van der Waals surface area (Å²) in [6.07, 6.45) is 1.04. The molecule has 1 aliphatic rings. The van der Waals surface area contributed by atoms with Crippen molar-refractivity contribution in [3.8, 4) is 0 Å². The highest BCUT2D eigenvalue weighted by atomic mass is 16.3. The summed E-state index contributed by atoms with van der Waals surface area (Å²) in [6, 6.07) is -0.0858. The van der Waals surface area contributed by atoms with Gasteiger partial charge >= 0.3 is 0 Å². The van der Waals surface area contributed by atoms with E-state index in [4.69, 9.17) is 0 Å². The quantitative estimate of drug-likeness (QED) is 0.595. The molecule has 0 aromatic heterocycles. The Hall–Kier alpha value is -0.610. The van der Waals surface area contributed by atoms with Gasteiger partial charge in [-0.2, -0.15) is 0 Å². The van der Waals surface area contributed by atoms with Gasteiger partial charge in [0, 0.05) is 6.54 Å². The first kappa shape index (κ1) is 11.5. The van der Waals surface area contributed by atoms with Crippen molar-refractivity contribution in [2.45, 2.75) is 38.8 Å². The van der Waals surface area contributed by atoms with Gasteiger partial charge in [0.05, 0.1) is 11.6 Å². The minimum Gasteiger partial charge on any atom is -0.389 e. The lowest BCUT2D eigenvalue weighted by Gasteiger charge is -2.21. The Kier molecular flexibility index (Phi) is 3.50. The van der Waals surface area contributed by atoms with E-state index in [0.29, 0.717) is 12.5 Å². The van der Waals surface area contributed by atoms with Gasteiger partial charge in [0.2, 0.25) is 5.91 Å². The molecule has 0 aliphatic carbocycles. The fourth-order valence-electron chi connectivity index (χ4n) is 1.60. The molecule has 1 aliphatic heterocycles. The van der Waals surface area contributed by atoms with Gasteiger partial charge in [-0.15, -0.1) is 0 Å². The second-order valence-electron chi connectivity index (χ2n) is 4.73. The number of carbonyl (C=O) groups excluding carboxylic acids is 1. The van der Waals surface area contributed by atoms with Gasteiger partial charge in [-0.05, 0) is 32.7 Å². The van der Waals surface area contributed by atoms with Crippen LogP contribution < -0.4 is 10.6 Å². The summed E-state index contributed by atoms with van der Waals surface area (Å²) in [7, 11) is 0. The molecule has 0 aromatic carbocycles. The molecular weight excluding hydrogens is 180 g/mol. The number of hydrogen-bond acceptors (Lipinski definition) is 3.